The highest BCUT2D eigenvalue weighted by Gasteiger charge is 2.29. The second-order valence-electron chi connectivity index (χ2n) is 4.49. The highest BCUT2D eigenvalue weighted by molar-refractivity contribution is 5.95. The monoisotopic (exact) mass is 237 g/mol. The van der Waals surface area contributed by atoms with Crippen molar-refractivity contribution in [3.63, 3.8) is 0 Å². The summed E-state index contributed by atoms with van der Waals surface area (Å²) in [5.41, 5.74) is 2.22. The van der Waals surface area contributed by atoms with Crippen molar-refractivity contribution in [1.82, 2.24) is 0 Å². The Bertz CT molecular complexity index is 548. The van der Waals surface area contributed by atoms with Crippen LogP contribution in [0.3, 0.4) is 0 Å². The molecule has 0 saturated heterocycles. The standard InChI is InChI=1S/C16H15NO/c1-12-15(13-8-4-2-5-9-13)18-16(17-12)14-10-6-3-7-11-14/h2-12,15H,1H3/t12-,15-/m1/s1. The zero-order valence-corrected chi connectivity index (χ0v) is 10.3. The molecule has 0 spiro atoms. The zero-order valence-electron chi connectivity index (χ0n) is 10.3. The molecule has 2 aromatic rings. The molecule has 1 heterocycles. The van der Waals surface area contributed by atoms with E-state index in [9.17, 15) is 0 Å². The summed E-state index contributed by atoms with van der Waals surface area (Å²) in [5.74, 6) is 0.747. The second-order valence-corrected chi connectivity index (χ2v) is 4.49. The lowest BCUT2D eigenvalue weighted by Crippen LogP contribution is -2.10. The molecular formula is C16H15NO. The van der Waals surface area contributed by atoms with E-state index in [1.165, 1.54) is 5.56 Å². The number of benzene rings is 2. The minimum absolute atomic E-state index is 0.0291. The fourth-order valence-electron chi connectivity index (χ4n) is 2.21. The van der Waals surface area contributed by atoms with Gasteiger partial charge < -0.3 is 4.74 Å². The summed E-state index contributed by atoms with van der Waals surface area (Å²) in [7, 11) is 0. The normalized spacial score (nSPS) is 22.4. The molecule has 0 aliphatic carbocycles. The van der Waals surface area contributed by atoms with Crippen molar-refractivity contribution < 1.29 is 4.74 Å². The first-order valence-corrected chi connectivity index (χ1v) is 6.19. The molecule has 2 nitrogen and oxygen atoms in total. The minimum atomic E-state index is 0.0291. The number of aliphatic imine (C=N–C) groups is 1. The summed E-state index contributed by atoms with van der Waals surface area (Å²) in [6, 6.07) is 20.5. The third-order valence-corrected chi connectivity index (χ3v) is 3.15. The Morgan fingerprint density at radius 1 is 0.889 bits per heavy atom. The van der Waals surface area contributed by atoms with Crippen LogP contribution < -0.4 is 0 Å². The van der Waals surface area contributed by atoms with E-state index < -0.39 is 0 Å². The van der Waals surface area contributed by atoms with Gasteiger partial charge in [0.1, 0.15) is 6.10 Å². The summed E-state index contributed by atoms with van der Waals surface area (Å²) >= 11 is 0. The average Bonchev–Trinajstić information content (AvgIpc) is 2.83. The van der Waals surface area contributed by atoms with Gasteiger partial charge in [-0.15, -0.1) is 0 Å². The van der Waals surface area contributed by atoms with E-state index in [0.29, 0.717) is 0 Å². The lowest BCUT2D eigenvalue weighted by atomic mass is 10.0. The van der Waals surface area contributed by atoms with E-state index in [2.05, 4.69) is 24.0 Å². The minimum Gasteiger partial charge on any atom is -0.467 e. The van der Waals surface area contributed by atoms with Crippen LogP contribution in [0.4, 0.5) is 0 Å². The van der Waals surface area contributed by atoms with E-state index in [1.807, 2.05) is 48.5 Å². The molecule has 2 atom stereocenters. The highest BCUT2D eigenvalue weighted by Crippen LogP contribution is 2.30. The molecule has 1 aliphatic heterocycles. The van der Waals surface area contributed by atoms with Crippen molar-refractivity contribution in [3.05, 3.63) is 71.8 Å². The van der Waals surface area contributed by atoms with Crippen LogP contribution in [0, 0.1) is 0 Å². The van der Waals surface area contributed by atoms with Gasteiger partial charge in [0.15, 0.2) is 0 Å². The van der Waals surface area contributed by atoms with Crippen molar-refractivity contribution in [3.8, 4) is 0 Å². The SMILES string of the molecule is C[C@H]1N=C(c2ccccc2)O[C@H]1c1ccccc1. The van der Waals surface area contributed by atoms with Gasteiger partial charge in [-0.2, -0.15) is 0 Å². The van der Waals surface area contributed by atoms with Crippen LogP contribution >= 0.6 is 0 Å². The van der Waals surface area contributed by atoms with Gasteiger partial charge >= 0.3 is 0 Å². The first-order chi connectivity index (χ1) is 8.84. The Kier molecular flexibility index (Phi) is 2.85. The number of ether oxygens (including phenoxy) is 1. The quantitative estimate of drug-likeness (QED) is 0.782. The average molecular weight is 237 g/mol. The third-order valence-electron chi connectivity index (χ3n) is 3.15. The lowest BCUT2D eigenvalue weighted by molar-refractivity contribution is 0.202. The van der Waals surface area contributed by atoms with Crippen LogP contribution in [0.2, 0.25) is 0 Å². The van der Waals surface area contributed by atoms with Crippen LogP contribution in [0.5, 0.6) is 0 Å². The van der Waals surface area contributed by atoms with Crippen molar-refractivity contribution >= 4 is 5.90 Å². The van der Waals surface area contributed by atoms with E-state index in [-0.39, 0.29) is 12.1 Å². The molecule has 18 heavy (non-hydrogen) atoms. The van der Waals surface area contributed by atoms with Crippen molar-refractivity contribution in [1.29, 1.82) is 0 Å². The van der Waals surface area contributed by atoms with E-state index >= 15 is 0 Å². The predicted octanol–water partition coefficient (Wildman–Crippen LogP) is 3.59. The number of rotatable bonds is 2. The van der Waals surface area contributed by atoms with Crippen molar-refractivity contribution in [2.45, 2.75) is 19.1 Å². The second kappa shape index (κ2) is 4.65. The van der Waals surface area contributed by atoms with Gasteiger partial charge in [0.05, 0.1) is 6.04 Å². The molecule has 0 fully saturated rings. The maximum absolute atomic E-state index is 6.00. The van der Waals surface area contributed by atoms with Gasteiger partial charge in [-0.3, -0.25) is 0 Å². The predicted molar refractivity (Wildman–Crippen MR) is 72.7 cm³/mol. The molecule has 0 radical (unpaired) electrons. The Morgan fingerprint density at radius 2 is 1.50 bits per heavy atom. The molecule has 2 aromatic carbocycles. The van der Waals surface area contributed by atoms with Crippen LogP contribution in [-0.4, -0.2) is 11.9 Å². The summed E-state index contributed by atoms with van der Waals surface area (Å²) in [6.07, 6.45) is 0.0291. The summed E-state index contributed by atoms with van der Waals surface area (Å²) in [5, 5.41) is 0. The molecular weight excluding hydrogens is 222 g/mol. The summed E-state index contributed by atoms with van der Waals surface area (Å²) < 4.78 is 6.00. The topological polar surface area (TPSA) is 21.6 Å². The molecule has 0 N–H and O–H groups in total. The molecule has 0 unspecified atom stereocenters. The fourth-order valence-corrected chi connectivity index (χ4v) is 2.21. The van der Waals surface area contributed by atoms with Crippen LogP contribution in [0.1, 0.15) is 24.2 Å². The Morgan fingerprint density at radius 3 is 2.17 bits per heavy atom. The number of hydrogen-bond acceptors (Lipinski definition) is 2. The number of nitrogens with zero attached hydrogens (tertiary/aromatic N) is 1. The van der Waals surface area contributed by atoms with Gasteiger partial charge in [0.2, 0.25) is 5.90 Å². The Hall–Kier alpha value is -2.09. The summed E-state index contributed by atoms with van der Waals surface area (Å²) in [4.78, 5) is 4.61. The molecule has 1 aliphatic rings. The molecule has 3 rings (SSSR count). The zero-order chi connectivity index (χ0) is 12.4. The van der Waals surface area contributed by atoms with Crippen molar-refractivity contribution in [2.24, 2.45) is 4.99 Å². The summed E-state index contributed by atoms with van der Waals surface area (Å²) in [6.45, 7) is 2.09. The molecule has 0 aromatic heterocycles. The molecule has 0 amide bonds. The maximum atomic E-state index is 6.00. The third kappa shape index (κ3) is 2.02. The van der Waals surface area contributed by atoms with E-state index in [1.54, 1.807) is 0 Å². The van der Waals surface area contributed by atoms with Gasteiger partial charge in [0.25, 0.3) is 0 Å². The number of hydrogen-bond donors (Lipinski definition) is 0. The van der Waals surface area contributed by atoms with Gasteiger partial charge in [-0.05, 0) is 24.6 Å². The first kappa shape index (κ1) is 11.0. The molecule has 0 bridgehead atoms. The Balaban J connectivity index is 1.85. The van der Waals surface area contributed by atoms with Crippen molar-refractivity contribution in [2.75, 3.05) is 0 Å². The molecule has 90 valence electrons. The smallest absolute Gasteiger partial charge is 0.217 e. The van der Waals surface area contributed by atoms with Crippen LogP contribution in [0.25, 0.3) is 0 Å². The van der Waals surface area contributed by atoms with Crippen LogP contribution in [-0.2, 0) is 4.74 Å². The molecule has 0 saturated carbocycles. The van der Waals surface area contributed by atoms with Crippen LogP contribution in [0.15, 0.2) is 65.7 Å². The molecule has 2 heteroatoms. The van der Waals surface area contributed by atoms with Gasteiger partial charge in [-0.1, -0.05) is 48.5 Å². The van der Waals surface area contributed by atoms with E-state index in [4.69, 9.17) is 4.74 Å². The highest BCUT2D eigenvalue weighted by atomic mass is 16.5. The first-order valence-electron chi connectivity index (χ1n) is 6.19. The van der Waals surface area contributed by atoms with E-state index in [0.717, 1.165) is 11.5 Å². The van der Waals surface area contributed by atoms with Gasteiger partial charge in [-0.25, -0.2) is 4.99 Å². The fraction of sp³-hybridized carbons (Fsp3) is 0.188. The maximum Gasteiger partial charge on any atom is 0.217 e. The lowest BCUT2D eigenvalue weighted by Gasteiger charge is -2.14. The Labute approximate surface area is 107 Å². The largest absolute Gasteiger partial charge is 0.467 e. The van der Waals surface area contributed by atoms with Gasteiger partial charge in [0, 0.05) is 5.56 Å².